The maximum atomic E-state index is 13.2. The summed E-state index contributed by atoms with van der Waals surface area (Å²) < 4.78 is 57.6. The predicted octanol–water partition coefficient (Wildman–Crippen LogP) is 3.25. The van der Waals surface area contributed by atoms with Gasteiger partial charge in [0.1, 0.15) is 24.5 Å². The first-order valence-electron chi connectivity index (χ1n) is 10.6. The third kappa shape index (κ3) is 6.81. The standard InChI is InChI=1S/C23H25F3N2O5/c1-2-3-4-8-11-32-18-12-20(28-13-17(23(24,25)26)21(29)27-22(28)30)33-19(18)15-31-14-16-9-6-5-7-10-16/h5-7,9-10,13,18-20H,2-3,11-12,14-15H2,1H3,(H,27,29,30)/t18-,19+,20+/m0/s1. The molecule has 0 amide bonds. The van der Waals surface area contributed by atoms with E-state index >= 15 is 0 Å². The molecule has 2 heterocycles. The molecule has 1 fully saturated rings. The lowest BCUT2D eigenvalue weighted by Crippen LogP contribution is -2.36. The summed E-state index contributed by atoms with van der Waals surface area (Å²) in [6, 6.07) is 9.43. The lowest BCUT2D eigenvalue weighted by Gasteiger charge is -2.18. The van der Waals surface area contributed by atoms with E-state index in [0.29, 0.717) is 12.8 Å². The van der Waals surface area contributed by atoms with Crippen LogP contribution in [0.1, 0.15) is 43.5 Å². The lowest BCUT2D eigenvalue weighted by atomic mass is 10.2. The van der Waals surface area contributed by atoms with Crippen molar-refractivity contribution in [3.8, 4) is 11.8 Å². The smallest absolute Gasteiger partial charge is 0.374 e. The fraction of sp³-hybridized carbons (Fsp3) is 0.478. The van der Waals surface area contributed by atoms with E-state index < -0.39 is 41.4 Å². The van der Waals surface area contributed by atoms with Crippen molar-refractivity contribution < 1.29 is 27.4 Å². The molecular formula is C23H25F3N2O5. The first-order chi connectivity index (χ1) is 15.8. The van der Waals surface area contributed by atoms with Crippen molar-refractivity contribution in [2.24, 2.45) is 0 Å². The molecule has 1 N–H and O–H groups in total. The maximum absolute atomic E-state index is 13.2. The van der Waals surface area contributed by atoms with Gasteiger partial charge in [-0.15, -0.1) is 5.92 Å². The van der Waals surface area contributed by atoms with Gasteiger partial charge in [0.2, 0.25) is 0 Å². The number of alkyl halides is 3. The number of aromatic amines is 1. The first kappa shape index (κ1) is 24.8. The molecule has 33 heavy (non-hydrogen) atoms. The second kappa shape index (κ2) is 11.3. The number of hydrogen-bond donors (Lipinski definition) is 1. The van der Waals surface area contributed by atoms with Crippen LogP contribution in [-0.2, 0) is 27.0 Å². The Bertz CT molecular complexity index is 1090. The fourth-order valence-electron chi connectivity index (χ4n) is 3.38. The monoisotopic (exact) mass is 466 g/mol. The molecule has 0 radical (unpaired) electrons. The molecule has 1 aromatic heterocycles. The van der Waals surface area contributed by atoms with Crippen LogP contribution in [0.5, 0.6) is 0 Å². The number of unbranched alkanes of at least 4 members (excludes halogenated alkanes) is 1. The predicted molar refractivity (Wildman–Crippen MR) is 113 cm³/mol. The highest BCUT2D eigenvalue weighted by Gasteiger charge is 2.40. The number of H-pyrrole nitrogens is 1. The Hall–Kier alpha value is -2.87. The van der Waals surface area contributed by atoms with Gasteiger partial charge in [0.15, 0.2) is 0 Å². The van der Waals surface area contributed by atoms with Gasteiger partial charge in [-0.25, -0.2) is 4.79 Å². The van der Waals surface area contributed by atoms with E-state index in [4.69, 9.17) is 14.2 Å². The average Bonchev–Trinajstić information content (AvgIpc) is 3.16. The number of ether oxygens (including phenoxy) is 3. The second-order valence-corrected chi connectivity index (χ2v) is 7.53. The number of rotatable bonds is 8. The van der Waals surface area contributed by atoms with Crippen LogP contribution in [0.4, 0.5) is 13.2 Å². The summed E-state index contributed by atoms with van der Waals surface area (Å²) in [6.07, 6.45) is -4.96. The Morgan fingerprint density at radius 3 is 2.67 bits per heavy atom. The normalized spacial score (nSPS) is 20.4. The maximum Gasteiger partial charge on any atom is 0.423 e. The summed E-state index contributed by atoms with van der Waals surface area (Å²) in [5, 5.41) is 0. The van der Waals surface area contributed by atoms with Crippen molar-refractivity contribution >= 4 is 0 Å². The molecule has 3 atom stereocenters. The highest BCUT2D eigenvalue weighted by Crippen LogP contribution is 2.32. The van der Waals surface area contributed by atoms with Crippen molar-refractivity contribution in [2.45, 2.75) is 57.4 Å². The van der Waals surface area contributed by atoms with Crippen LogP contribution < -0.4 is 11.2 Å². The summed E-state index contributed by atoms with van der Waals surface area (Å²) in [7, 11) is 0. The quantitative estimate of drug-likeness (QED) is 0.604. The molecule has 0 saturated carbocycles. The third-order valence-electron chi connectivity index (χ3n) is 5.03. The molecule has 2 aromatic rings. The van der Waals surface area contributed by atoms with Crippen LogP contribution in [0.25, 0.3) is 0 Å². The third-order valence-corrected chi connectivity index (χ3v) is 5.03. The van der Waals surface area contributed by atoms with E-state index in [0.717, 1.165) is 23.0 Å². The minimum absolute atomic E-state index is 0.0953. The van der Waals surface area contributed by atoms with Crippen molar-refractivity contribution in [2.75, 3.05) is 13.2 Å². The molecular weight excluding hydrogens is 441 g/mol. The first-order valence-corrected chi connectivity index (χ1v) is 10.6. The molecule has 178 valence electrons. The highest BCUT2D eigenvalue weighted by molar-refractivity contribution is 5.13. The van der Waals surface area contributed by atoms with Crippen LogP contribution >= 0.6 is 0 Å². The van der Waals surface area contributed by atoms with E-state index in [1.54, 1.807) is 4.98 Å². The second-order valence-electron chi connectivity index (χ2n) is 7.53. The number of hydrogen-bond acceptors (Lipinski definition) is 5. The van der Waals surface area contributed by atoms with Gasteiger partial charge in [0, 0.05) is 19.0 Å². The fourth-order valence-corrected chi connectivity index (χ4v) is 3.38. The van der Waals surface area contributed by atoms with Gasteiger partial charge in [0.25, 0.3) is 5.56 Å². The van der Waals surface area contributed by atoms with E-state index in [2.05, 4.69) is 11.8 Å². The average molecular weight is 466 g/mol. The number of nitrogens with zero attached hydrogens (tertiary/aromatic N) is 1. The number of halogens is 3. The highest BCUT2D eigenvalue weighted by atomic mass is 19.4. The molecule has 1 aromatic carbocycles. The van der Waals surface area contributed by atoms with Crippen molar-refractivity contribution in [1.82, 2.24) is 9.55 Å². The number of benzene rings is 1. The van der Waals surface area contributed by atoms with E-state index in [1.807, 2.05) is 37.3 Å². The van der Waals surface area contributed by atoms with Crippen LogP contribution in [0.2, 0.25) is 0 Å². The van der Waals surface area contributed by atoms with E-state index in [1.165, 1.54) is 0 Å². The van der Waals surface area contributed by atoms with Gasteiger partial charge >= 0.3 is 11.9 Å². The molecule has 10 heteroatoms. The van der Waals surface area contributed by atoms with Gasteiger partial charge < -0.3 is 14.2 Å². The van der Waals surface area contributed by atoms with Crippen LogP contribution in [0.15, 0.2) is 46.1 Å². The lowest BCUT2D eigenvalue weighted by molar-refractivity contribution is -0.139. The topological polar surface area (TPSA) is 82.6 Å². The zero-order valence-electron chi connectivity index (χ0n) is 18.1. The molecule has 7 nitrogen and oxygen atoms in total. The van der Waals surface area contributed by atoms with Gasteiger partial charge in [-0.3, -0.25) is 14.3 Å². The summed E-state index contributed by atoms with van der Waals surface area (Å²) >= 11 is 0. The number of nitrogens with one attached hydrogen (secondary N) is 1. The minimum atomic E-state index is -4.91. The van der Waals surface area contributed by atoms with Gasteiger partial charge in [0.05, 0.1) is 19.3 Å². The molecule has 1 aliphatic heterocycles. The molecule has 1 saturated heterocycles. The minimum Gasteiger partial charge on any atom is -0.374 e. The van der Waals surface area contributed by atoms with Crippen molar-refractivity contribution in [3.05, 3.63) is 68.5 Å². The Balaban J connectivity index is 1.75. The SMILES string of the molecule is CCCC#CCO[C@H]1C[C@H](n2cc(C(F)(F)F)c(=O)[nH]c2=O)O[C@@H]1COCc1ccccc1. The van der Waals surface area contributed by atoms with Crippen molar-refractivity contribution in [1.29, 1.82) is 0 Å². The largest absolute Gasteiger partial charge is 0.423 e. The Morgan fingerprint density at radius 2 is 1.97 bits per heavy atom. The van der Waals surface area contributed by atoms with Crippen LogP contribution in [0, 0.1) is 11.8 Å². The van der Waals surface area contributed by atoms with Crippen LogP contribution in [-0.4, -0.2) is 35.0 Å². The van der Waals surface area contributed by atoms with E-state index in [9.17, 15) is 22.8 Å². The summed E-state index contributed by atoms with van der Waals surface area (Å²) in [5.41, 5.74) is -3.02. The molecule has 1 aliphatic rings. The molecule has 0 aliphatic carbocycles. The zero-order chi connectivity index (χ0) is 23.8. The van der Waals surface area contributed by atoms with Gasteiger partial charge in [-0.1, -0.05) is 43.2 Å². The summed E-state index contributed by atoms with van der Waals surface area (Å²) in [4.78, 5) is 25.5. The van der Waals surface area contributed by atoms with Crippen LogP contribution in [0.3, 0.4) is 0 Å². The van der Waals surface area contributed by atoms with Gasteiger partial charge in [-0.2, -0.15) is 13.2 Å². The Morgan fingerprint density at radius 1 is 1.21 bits per heavy atom. The van der Waals surface area contributed by atoms with Gasteiger partial charge in [-0.05, 0) is 12.0 Å². The molecule has 0 unspecified atom stereocenters. The molecule has 0 spiro atoms. The Kier molecular flexibility index (Phi) is 8.49. The molecule has 3 rings (SSSR count). The summed E-state index contributed by atoms with van der Waals surface area (Å²) in [6.45, 7) is 2.53. The summed E-state index contributed by atoms with van der Waals surface area (Å²) in [5.74, 6) is 5.84. The number of aromatic nitrogens is 2. The Labute approximate surface area is 188 Å². The zero-order valence-corrected chi connectivity index (χ0v) is 18.1. The van der Waals surface area contributed by atoms with Crippen molar-refractivity contribution in [3.63, 3.8) is 0 Å². The molecule has 0 bridgehead atoms. The van der Waals surface area contributed by atoms with E-state index in [-0.39, 0.29) is 19.6 Å².